The van der Waals surface area contributed by atoms with Crippen LogP contribution >= 0.6 is 0 Å². The summed E-state index contributed by atoms with van der Waals surface area (Å²) in [5.41, 5.74) is 0. The van der Waals surface area contributed by atoms with Gasteiger partial charge in [0.05, 0.1) is 6.17 Å². The minimum absolute atomic E-state index is 0.572. The van der Waals surface area contributed by atoms with E-state index < -0.39 is 0 Å². The van der Waals surface area contributed by atoms with Crippen LogP contribution in [0.2, 0.25) is 0 Å². The first-order chi connectivity index (χ1) is 11.8. The predicted octanol–water partition coefficient (Wildman–Crippen LogP) is 6.92. The highest BCUT2D eigenvalue weighted by molar-refractivity contribution is 4.94. The van der Waals surface area contributed by atoms with Gasteiger partial charge in [-0.3, -0.25) is 0 Å². The quantitative estimate of drug-likeness (QED) is 0.282. The lowest BCUT2D eigenvalue weighted by Crippen LogP contribution is -2.36. The van der Waals surface area contributed by atoms with Crippen LogP contribution in [0.4, 0.5) is 0 Å². The van der Waals surface area contributed by atoms with Gasteiger partial charge in [0.15, 0.2) is 0 Å². The Morgan fingerprint density at radius 1 is 0.542 bits per heavy atom. The van der Waals surface area contributed by atoms with Crippen molar-refractivity contribution in [2.45, 2.75) is 117 Å². The van der Waals surface area contributed by atoms with Crippen molar-refractivity contribution >= 4 is 0 Å². The van der Waals surface area contributed by atoms with Crippen LogP contribution in [0.15, 0.2) is 12.4 Å². The molecule has 24 heavy (non-hydrogen) atoms. The molecule has 0 radical (unpaired) electrons. The summed E-state index contributed by atoms with van der Waals surface area (Å²) in [5.74, 6) is 0. The molecule has 0 fully saturated rings. The molecular formula is C22H44N2. The molecule has 1 aliphatic rings. The van der Waals surface area contributed by atoms with Crippen LogP contribution in [0.25, 0.3) is 0 Å². The van der Waals surface area contributed by atoms with Crippen LogP contribution in [0.1, 0.15) is 111 Å². The molecule has 0 aromatic carbocycles. The SMILES string of the molecule is CCCCCCCCCCCCCCCN1C=CN(CCC)C1C. The van der Waals surface area contributed by atoms with E-state index in [-0.39, 0.29) is 0 Å². The van der Waals surface area contributed by atoms with Crippen molar-refractivity contribution in [1.29, 1.82) is 0 Å². The van der Waals surface area contributed by atoms with E-state index in [1.807, 2.05) is 0 Å². The fraction of sp³-hybridized carbons (Fsp3) is 0.909. The van der Waals surface area contributed by atoms with Crippen molar-refractivity contribution in [1.82, 2.24) is 9.80 Å². The Labute approximate surface area is 152 Å². The molecule has 0 aromatic rings. The number of hydrogen-bond donors (Lipinski definition) is 0. The molecule has 1 heterocycles. The van der Waals surface area contributed by atoms with Gasteiger partial charge in [-0.1, -0.05) is 90.9 Å². The molecule has 142 valence electrons. The number of unbranched alkanes of at least 4 members (excludes halogenated alkanes) is 12. The van der Waals surface area contributed by atoms with E-state index >= 15 is 0 Å². The molecule has 0 saturated heterocycles. The second kappa shape index (κ2) is 14.7. The second-order valence-corrected chi connectivity index (χ2v) is 7.65. The smallest absolute Gasteiger partial charge is 0.0977 e. The van der Waals surface area contributed by atoms with Gasteiger partial charge in [-0.15, -0.1) is 0 Å². The number of rotatable bonds is 16. The summed E-state index contributed by atoms with van der Waals surface area (Å²) >= 11 is 0. The minimum atomic E-state index is 0.572. The first-order valence-corrected chi connectivity index (χ1v) is 11.0. The van der Waals surface area contributed by atoms with Crippen LogP contribution in [-0.2, 0) is 0 Å². The molecule has 1 rings (SSSR count). The van der Waals surface area contributed by atoms with E-state index in [9.17, 15) is 0 Å². The number of hydrogen-bond acceptors (Lipinski definition) is 2. The standard InChI is InChI=1S/C22H44N2/c1-4-6-7-8-9-10-11-12-13-14-15-16-17-19-24-21-20-23(18-5-2)22(24)3/h20-22H,4-19H2,1-3H3. The first kappa shape index (κ1) is 21.4. The van der Waals surface area contributed by atoms with Crippen molar-refractivity contribution in [2.75, 3.05) is 13.1 Å². The summed E-state index contributed by atoms with van der Waals surface area (Å²) in [6, 6.07) is 0. The van der Waals surface area contributed by atoms with Gasteiger partial charge in [-0.25, -0.2) is 0 Å². The van der Waals surface area contributed by atoms with Gasteiger partial charge in [0.1, 0.15) is 0 Å². The van der Waals surface area contributed by atoms with Crippen LogP contribution in [0.3, 0.4) is 0 Å². The summed E-state index contributed by atoms with van der Waals surface area (Å²) < 4.78 is 0. The summed E-state index contributed by atoms with van der Waals surface area (Å²) in [6.45, 7) is 9.31. The maximum Gasteiger partial charge on any atom is 0.0977 e. The third-order valence-corrected chi connectivity index (χ3v) is 5.41. The van der Waals surface area contributed by atoms with Crippen molar-refractivity contribution in [3.8, 4) is 0 Å². The molecule has 2 nitrogen and oxygen atoms in total. The summed E-state index contributed by atoms with van der Waals surface area (Å²) in [5, 5.41) is 0. The van der Waals surface area contributed by atoms with Crippen LogP contribution in [0, 0.1) is 0 Å². The molecule has 0 bridgehead atoms. The topological polar surface area (TPSA) is 6.48 Å². The molecule has 0 aromatic heterocycles. The Morgan fingerprint density at radius 3 is 1.42 bits per heavy atom. The van der Waals surface area contributed by atoms with Crippen LogP contribution in [0.5, 0.6) is 0 Å². The Morgan fingerprint density at radius 2 is 0.958 bits per heavy atom. The Balaban J connectivity index is 1.82. The van der Waals surface area contributed by atoms with E-state index in [2.05, 4.69) is 43.0 Å². The normalized spacial score (nSPS) is 17.2. The molecule has 2 heteroatoms. The molecule has 1 atom stereocenters. The van der Waals surface area contributed by atoms with E-state index in [4.69, 9.17) is 0 Å². The fourth-order valence-electron chi connectivity index (χ4n) is 3.70. The van der Waals surface area contributed by atoms with Crippen LogP contribution < -0.4 is 0 Å². The summed E-state index contributed by atoms with van der Waals surface area (Å²) in [7, 11) is 0. The molecule has 0 aliphatic carbocycles. The predicted molar refractivity (Wildman–Crippen MR) is 108 cm³/mol. The maximum absolute atomic E-state index is 2.51. The van der Waals surface area contributed by atoms with Gasteiger partial charge in [-0.2, -0.15) is 0 Å². The third kappa shape index (κ3) is 9.59. The highest BCUT2D eigenvalue weighted by Crippen LogP contribution is 2.17. The van der Waals surface area contributed by atoms with Gasteiger partial charge < -0.3 is 9.80 Å². The highest BCUT2D eigenvalue weighted by atomic mass is 15.4. The van der Waals surface area contributed by atoms with E-state index in [0.29, 0.717) is 6.17 Å². The third-order valence-electron chi connectivity index (χ3n) is 5.41. The Bertz CT molecular complexity index is 300. The van der Waals surface area contributed by atoms with Crippen molar-refractivity contribution in [2.24, 2.45) is 0 Å². The van der Waals surface area contributed by atoms with Gasteiger partial charge in [-0.05, 0) is 19.8 Å². The first-order valence-electron chi connectivity index (χ1n) is 11.0. The molecule has 1 unspecified atom stereocenters. The van der Waals surface area contributed by atoms with Crippen molar-refractivity contribution in [3.05, 3.63) is 12.4 Å². The summed E-state index contributed by atoms with van der Waals surface area (Å²) in [6.07, 6.45) is 25.1. The average molecular weight is 337 g/mol. The van der Waals surface area contributed by atoms with E-state index in [1.165, 1.54) is 103 Å². The Kier molecular flexibility index (Phi) is 13.1. The van der Waals surface area contributed by atoms with Gasteiger partial charge in [0, 0.05) is 25.5 Å². The lowest BCUT2D eigenvalue weighted by molar-refractivity contribution is 0.168. The fourth-order valence-corrected chi connectivity index (χ4v) is 3.70. The zero-order valence-corrected chi connectivity index (χ0v) is 16.9. The van der Waals surface area contributed by atoms with Crippen LogP contribution in [-0.4, -0.2) is 29.1 Å². The van der Waals surface area contributed by atoms with E-state index in [0.717, 1.165) is 0 Å². The molecule has 0 amide bonds. The second-order valence-electron chi connectivity index (χ2n) is 7.65. The lowest BCUT2D eigenvalue weighted by atomic mass is 10.0. The lowest BCUT2D eigenvalue weighted by Gasteiger charge is -2.29. The molecular weight excluding hydrogens is 292 g/mol. The molecule has 0 N–H and O–H groups in total. The summed E-state index contributed by atoms with van der Waals surface area (Å²) in [4.78, 5) is 4.97. The molecule has 1 aliphatic heterocycles. The zero-order chi connectivity index (χ0) is 17.5. The van der Waals surface area contributed by atoms with Gasteiger partial charge in [0.2, 0.25) is 0 Å². The zero-order valence-electron chi connectivity index (χ0n) is 16.9. The number of nitrogens with zero attached hydrogens (tertiary/aromatic N) is 2. The highest BCUT2D eigenvalue weighted by Gasteiger charge is 2.19. The van der Waals surface area contributed by atoms with Gasteiger partial charge in [0.25, 0.3) is 0 Å². The molecule has 0 spiro atoms. The van der Waals surface area contributed by atoms with Crippen molar-refractivity contribution in [3.63, 3.8) is 0 Å². The Hall–Kier alpha value is -0.660. The van der Waals surface area contributed by atoms with Gasteiger partial charge >= 0.3 is 0 Å². The maximum atomic E-state index is 2.51. The van der Waals surface area contributed by atoms with E-state index in [1.54, 1.807) is 0 Å². The van der Waals surface area contributed by atoms with Crippen molar-refractivity contribution < 1.29 is 0 Å². The minimum Gasteiger partial charge on any atom is -0.356 e. The largest absolute Gasteiger partial charge is 0.356 e. The molecule has 0 saturated carbocycles. The average Bonchev–Trinajstić information content (AvgIpc) is 2.93. The monoisotopic (exact) mass is 336 g/mol.